The summed E-state index contributed by atoms with van der Waals surface area (Å²) in [6.45, 7) is 4.48. The van der Waals surface area contributed by atoms with Gasteiger partial charge in [-0.05, 0) is 30.7 Å². The molecule has 0 saturated heterocycles. The zero-order valence-electron chi connectivity index (χ0n) is 13.7. The Labute approximate surface area is 137 Å². The molecule has 114 valence electrons. The molecule has 4 rings (SSSR count). The van der Waals surface area contributed by atoms with Gasteiger partial charge >= 0.3 is 0 Å². The second kappa shape index (κ2) is 5.27. The minimum Gasteiger partial charge on any atom is -0.309 e. The van der Waals surface area contributed by atoms with E-state index >= 15 is 0 Å². The van der Waals surface area contributed by atoms with E-state index in [1.807, 2.05) is 0 Å². The number of para-hydroxylation sites is 1. The summed E-state index contributed by atoms with van der Waals surface area (Å²) in [5.41, 5.74) is 5.13. The maximum absolute atomic E-state index is 2.37. The van der Waals surface area contributed by atoms with E-state index in [0.29, 0.717) is 0 Å². The van der Waals surface area contributed by atoms with E-state index in [1.165, 1.54) is 27.9 Å². The Morgan fingerprint density at radius 3 is 2.70 bits per heavy atom. The third-order valence-electron chi connectivity index (χ3n) is 4.52. The fourth-order valence-electron chi connectivity index (χ4n) is 3.27. The molecule has 2 aliphatic rings. The lowest BCUT2D eigenvalue weighted by Crippen LogP contribution is -2.01. The van der Waals surface area contributed by atoms with Crippen LogP contribution in [-0.4, -0.2) is 4.57 Å². The van der Waals surface area contributed by atoms with Gasteiger partial charge in [-0.15, -0.1) is 0 Å². The van der Waals surface area contributed by atoms with Crippen LogP contribution in [0.1, 0.15) is 31.5 Å². The van der Waals surface area contributed by atoms with Crippen molar-refractivity contribution < 1.29 is 0 Å². The van der Waals surface area contributed by atoms with Gasteiger partial charge in [0.1, 0.15) is 0 Å². The van der Waals surface area contributed by atoms with Crippen LogP contribution in [0.3, 0.4) is 0 Å². The maximum atomic E-state index is 2.37. The highest BCUT2D eigenvalue weighted by molar-refractivity contribution is 5.97. The Balaban J connectivity index is 2.06. The van der Waals surface area contributed by atoms with Crippen LogP contribution in [0.4, 0.5) is 0 Å². The van der Waals surface area contributed by atoms with E-state index < -0.39 is 0 Å². The molecule has 1 nitrogen and oxygen atoms in total. The van der Waals surface area contributed by atoms with Crippen LogP contribution >= 0.6 is 0 Å². The van der Waals surface area contributed by atoms with Gasteiger partial charge in [0.15, 0.2) is 0 Å². The summed E-state index contributed by atoms with van der Waals surface area (Å²) in [6.07, 6.45) is 21.1. The minimum absolute atomic E-state index is 0.0819. The number of hydrogen-bond acceptors (Lipinski definition) is 0. The lowest BCUT2D eigenvalue weighted by molar-refractivity contribution is 0.633. The molecule has 0 bridgehead atoms. The molecule has 0 aliphatic heterocycles. The van der Waals surface area contributed by atoms with Gasteiger partial charge in [0.2, 0.25) is 0 Å². The van der Waals surface area contributed by atoms with Crippen molar-refractivity contribution in [3.8, 4) is 0 Å². The van der Waals surface area contributed by atoms with E-state index in [-0.39, 0.29) is 5.41 Å². The van der Waals surface area contributed by atoms with Crippen molar-refractivity contribution in [3.05, 3.63) is 78.1 Å². The topological polar surface area (TPSA) is 4.93 Å². The fourth-order valence-corrected chi connectivity index (χ4v) is 3.27. The van der Waals surface area contributed by atoms with Gasteiger partial charge in [0, 0.05) is 22.1 Å². The highest BCUT2D eigenvalue weighted by Gasteiger charge is 2.19. The quantitative estimate of drug-likeness (QED) is 0.602. The van der Waals surface area contributed by atoms with Crippen LogP contribution in [0.15, 0.2) is 66.8 Å². The molecule has 0 radical (unpaired) electrons. The monoisotopic (exact) mass is 299 g/mol. The van der Waals surface area contributed by atoms with Gasteiger partial charge in [0.25, 0.3) is 0 Å². The molecule has 0 spiro atoms. The second-order valence-corrected chi connectivity index (χ2v) is 6.80. The van der Waals surface area contributed by atoms with E-state index in [9.17, 15) is 0 Å². The van der Waals surface area contributed by atoms with Crippen molar-refractivity contribution in [1.29, 1.82) is 0 Å². The van der Waals surface area contributed by atoms with Crippen molar-refractivity contribution in [2.45, 2.75) is 20.3 Å². The molecule has 0 atom stereocenters. The normalized spacial score (nSPS) is 18.6. The number of fused-ring (bicyclic) bond motifs is 3. The summed E-state index contributed by atoms with van der Waals surface area (Å²) in [4.78, 5) is 0. The summed E-state index contributed by atoms with van der Waals surface area (Å²) in [5.74, 6) is 0. The molecule has 1 aromatic heterocycles. The molecule has 0 amide bonds. The summed E-state index contributed by atoms with van der Waals surface area (Å²) >= 11 is 0. The van der Waals surface area contributed by atoms with Crippen molar-refractivity contribution in [3.63, 3.8) is 0 Å². The summed E-state index contributed by atoms with van der Waals surface area (Å²) in [5, 5.41) is 1.31. The maximum Gasteiger partial charge on any atom is 0.0541 e. The predicted molar refractivity (Wildman–Crippen MR) is 101 cm³/mol. The average molecular weight is 299 g/mol. The lowest BCUT2D eigenvalue weighted by atomic mass is 9.93. The number of rotatable bonds is 1. The number of nitrogens with zero attached hydrogens (tertiary/aromatic N) is 1. The van der Waals surface area contributed by atoms with Gasteiger partial charge in [-0.1, -0.05) is 68.5 Å². The zero-order chi connectivity index (χ0) is 15.9. The van der Waals surface area contributed by atoms with Crippen LogP contribution in [-0.2, 0) is 0 Å². The van der Waals surface area contributed by atoms with Crippen LogP contribution in [0.2, 0.25) is 0 Å². The third-order valence-corrected chi connectivity index (χ3v) is 4.52. The van der Waals surface area contributed by atoms with Gasteiger partial charge in [0.05, 0.1) is 11.2 Å². The lowest BCUT2D eigenvalue weighted by Gasteiger charge is -2.13. The summed E-state index contributed by atoms with van der Waals surface area (Å²) < 4.78 is 2.37. The average Bonchev–Trinajstić information content (AvgIpc) is 2.71. The van der Waals surface area contributed by atoms with Crippen molar-refractivity contribution >= 4 is 28.8 Å². The SMILES string of the molecule is CC1(C)C=Cc2c(n(C3=CC=CCC=C3)c3ccccc23)C=C1. The number of allylic oxidation sites excluding steroid dienone is 8. The summed E-state index contributed by atoms with van der Waals surface area (Å²) in [6, 6.07) is 8.67. The first-order valence-electron chi connectivity index (χ1n) is 8.21. The first-order valence-corrected chi connectivity index (χ1v) is 8.21. The zero-order valence-corrected chi connectivity index (χ0v) is 13.7. The van der Waals surface area contributed by atoms with Crippen molar-refractivity contribution in [2.75, 3.05) is 0 Å². The Bertz CT molecular complexity index is 911. The largest absolute Gasteiger partial charge is 0.309 e. The molecular weight excluding hydrogens is 278 g/mol. The number of benzene rings is 1. The molecule has 1 heterocycles. The van der Waals surface area contributed by atoms with Gasteiger partial charge < -0.3 is 4.57 Å². The Kier molecular flexibility index (Phi) is 3.23. The van der Waals surface area contributed by atoms with Gasteiger partial charge in [-0.3, -0.25) is 0 Å². The fraction of sp³-hybridized carbons (Fsp3) is 0.182. The first-order chi connectivity index (χ1) is 11.2. The van der Waals surface area contributed by atoms with Crippen LogP contribution in [0.5, 0.6) is 0 Å². The van der Waals surface area contributed by atoms with Crippen LogP contribution in [0, 0.1) is 5.41 Å². The Morgan fingerprint density at radius 2 is 1.78 bits per heavy atom. The van der Waals surface area contributed by atoms with Crippen molar-refractivity contribution in [1.82, 2.24) is 4.57 Å². The number of hydrogen-bond donors (Lipinski definition) is 0. The summed E-state index contributed by atoms with van der Waals surface area (Å²) in [7, 11) is 0. The van der Waals surface area contributed by atoms with E-state index in [1.54, 1.807) is 0 Å². The molecule has 1 heteroatoms. The van der Waals surface area contributed by atoms with E-state index in [0.717, 1.165) is 6.42 Å². The van der Waals surface area contributed by atoms with Gasteiger partial charge in [-0.2, -0.15) is 0 Å². The Hall–Kier alpha value is -2.54. The van der Waals surface area contributed by atoms with E-state index in [4.69, 9.17) is 0 Å². The third kappa shape index (κ3) is 2.43. The Morgan fingerprint density at radius 1 is 0.957 bits per heavy atom. The standard InChI is InChI=1S/C22H21N/c1-22(2)15-13-19-18-11-7-8-12-20(18)23(21(19)14-16-22)17-9-5-3-4-6-10-17/h3,5-16H,4H2,1-2H3. The predicted octanol–water partition coefficient (Wildman–Crippen LogP) is 6.06. The molecular formula is C22H21N. The molecule has 2 aliphatic carbocycles. The number of aromatic nitrogens is 1. The highest BCUT2D eigenvalue weighted by Crippen LogP contribution is 2.36. The molecule has 0 fully saturated rings. The molecule has 23 heavy (non-hydrogen) atoms. The molecule has 0 unspecified atom stereocenters. The molecule has 1 aromatic carbocycles. The van der Waals surface area contributed by atoms with Gasteiger partial charge in [-0.25, -0.2) is 0 Å². The van der Waals surface area contributed by atoms with Crippen LogP contribution in [0.25, 0.3) is 28.8 Å². The van der Waals surface area contributed by atoms with Crippen LogP contribution < -0.4 is 0 Å². The second-order valence-electron chi connectivity index (χ2n) is 6.80. The minimum atomic E-state index is 0.0819. The van der Waals surface area contributed by atoms with E-state index in [2.05, 4.69) is 97.4 Å². The molecule has 2 aromatic rings. The van der Waals surface area contributed by atoms with Crippen molar-refractivity contribution in [2.24, 2.45) is 5.41 Å². The molecule has 0 N–H and O–H groups in total. The smallest absolute Gasteiger partial charge is 0.0541 e. The highest BCUT2D eigenvalue weighted by atomic mass is 15.0. The molecule has 0 saturated carbocycles. The first kappa shape index (κ1) is 14.1.